The molecule has 0 unspecified atom stereocenters. The van der Waals surface area contributed by atoms with Crippen LogP contribution in [0.1, 0.15) is 24.2 Å². The Morgan fingerprint density at radius 3 is 2.53 bits per heavy atom. The minimum atomic E-state index is -0.208. The third kappa shape index (κ3) is 3.71. The Bertz CT molecular complexity index is 384. The molecular formula is C12H20N4O. The van der Waals surface area contributed by atoms with Gasteiger partial charge in [-0.3, -0.25) is 4.79 Å². The summed E-state index contributed by atoms with van der Waals surface area (Å²) in [5.41, 5.74) is 5.99. The van der Waals surface area contributed by atoms with Crippen LogP contribution in [0.3, 0.4) is 0 Å². The highest BCUT2D eigenvalue weighted by atomic mass is 16.2. The lowest BCUT2D eigenvalue weighted by molar-refractivity contribution is 0.0827. The second kappa shape index (κ2) is 5.14. The van der Waals surface area contributed by atoms with Gasteiger partial charge in [0.1, 0.15) is 5.82 Å². The van der Waals surface area contributed by atoms with Gasteiger partial charge in [0, 0.05) is 32.4 Å². The molecule has 1 rings (SSSR count). The number of nitrogens with zero attached hydrogens (tertiary/aromatic N) is 2. The third-order valence-corrected chi connectivity index (χ3v) is 2.39. The number of nitrogens with one attached hydrogen (secondary N) is 1. The molecule has 0 aromatic carbocycles. The van der Waals surface area contributed by atoms with Crippen LogP contribution in [0.2, 0.25) is 0 Å². The fourth-order valence-electron chi connectivity index (χ4n) is 1.25. The second-order valence-electron chi connectivity index (χ2n) is 4.84. The molecule has 3 N–H and O–H groups in total. The van der Waals surface area contributed by atoms with E-state index in [1.807, 2.05) is 13.8 Å². The summed E-state index contributed by atoms with van der Waals surface area (Å²) in [7, 11) is 3.43. The number of hydrogen-bond acceptors (Lipinski definition) is 4. The number of nitrogens with two attached hydrogens (primary N) is 1. The lowest BCUT2D eigenvalue weighted by atomic mass is 10.1. The summed E-state index contributed by atoms with van der Waals surface area (Å²) in [5.74, 6) is 0.665. The van der Waals surface area contributed by atoms with E-state index < -0.39 is 0 Å². The zero-order chi connectivity index (χ0) is 13.1. The van der Waals surface area contributed by atoms with E-state index in [-0.39, 0.29) is 11.4 Å². The number of aromatic nitrogens is 1. The standard InChI is InChI=1S/C12H20N4O/c1-12(2,8-13)15-10-6-5-9(7-14-10)11(17)16(3)4/h5-7H,8,13H2,1-4H3,(H,14,15). The number of carbonyl (C=O) groups is 1. The molecule has 0 aliphatic carbocycles. The van der Waals surface area contributed by atoms with Gasteiger partial charge in [0.05, 0.1) is 5.56 Å². The minimum absolute atomic E-state index is 0.0536. The van der Waals surface area contributed by atoms with Gasteiger partial charge in [0.25, 0.3) is 5.91 Å². The smallest absolute Gasteiger partial charge is 0.254 e. The molecule has 17 heavy (non-hydrogen) atoms. The molecule has 0 radical (unpaired) electrons. The predicted octanol–water partition coefficient (Wildman–Crippen LogP) is 0.933. The fraction of sp³-hybridized carbons (Fsp3) is 0.500. The number of hydrogen-bond donors (Lipinski definition) is 2. The summed E-state index contributed by atoms with van der Waals surface area (Å²) in [4.78, 5) is 17.4. The molecule has 1 aromatic heterocycles. The van der Waals surface area contributed by atoms with Crippen LogP contribution in [-0.2, 0) is 0 Å². The first kappa shape index (κ1) is 13.4. The van der Waals surface area contributed by atoms with Crippen molar-refractivity contribution in [1.82, 2.24) is 9.88 Å². The Kier molecular flexibility index (Phi) is 4.07. The van der Waals surface area contributed by atoms with E-state index in [9.17, 15) is 4.79 Å². The van der Waals surface area contributed by atoms with Crippen LogP contribution < -0.4 is 11.1 Å². The second-order valence-corrected chi connectivity index (χ2v) is 4.84. The van der Waals surface area contributed by atoms with Crippen molar-refractivity contribution in [3.63, 3.8) is 0 Å². The Morgan fingerprint density at radius 2 is 2.12 bits per heavy atom. The first-order valence-electron chi connectivity index (χ1n) is 5.52. The average molecular weight is 236 g/mol. The van der Waals surface area contributed by atoms with Crippen molar-refractivity contribution in [2.45, 2.75) is 19.4 Å². The molecule has 0 atom stereocenters. The van der Waals surface area contributed by atoms with Crippen molar-refractivity contribution in [3.8, 4) is 0 Å². The van der Waals surface area contributed by atoms with Crippen molar-refractivity contribution in [2.24, 2.45) is 5.73 Å². The fourth-order valence-corrected chi connectivity index (χ4v) is 1.25. The molecule has 0 saturated carbocycles. The highest BCUT2D eigenvalue weighted by molar-refractivity contribution is 5.93. The number of rotatable bonds is 4. The van der Waals surface area contributed by atoms with Gasteiger partial charge < -0.3 is 16.0 Å². The molecule has 5 nitrogen and oxygen atoms in total. The summed E-state index contributed by atoms with van der Waals surface area (Å²) in [5, 5.41) is 3.20. The summed E-state index contributed by atoms with van der Waals surface area (Å²) in [6.45, 7) is 4.49. The topological polar surface area (TPSA) is 71.2 Å². The maximum absolute atomic E-state index is 11.6. The quantitative estimate of drug-likeness (QED) is 0.816. The highest BCUT2D eigenvalue weighted by Gasteiger charge is 2.15. The zero-order valence-corrected chi connectivity index (χ0v) is 10.8. The van der Waals surface area contributed by atoms with Crippen LogP contribution >= 0.6 is 0 Å². The van der Waals surface area contributed by atoms with Crippen molar-refractivity contribution in [2.75, 3.05) is 26.0 Å². The molecule has 94 valence electrons. The molecule has 5 heteroatoms. The van der Waals surface area contributed by atoms with Gasteiger partial charge in [0.2, 0.25) is 0 Å². The van der Waals surface area contributed by atoms with Gasteiger partial charge >= 0.3 is 0 Å². The van der Waals surface area contributed by atoms with Crippen molar-refractivity contribution in [1.29, 1.82) is 0 Å². The molecule has 0 bridgehead atoms. The zero-order valence-electron chi connectivity index (χ0n) is 10.8. The van der Waals surface area contributed by atoms with E-state index >= 15 is 0 Å². The number of amides is 1. The Balaban J connectivity index is 2.78. The van der Waals surface area contributed by atoms with Crippen molar-refractivity contribution >= 4 is 11.7 Å². The van der Waals surface area contributed by atoms with E-state index in [1.165, 1.54) is 4.90 Å². The van der Waals surface area contributed by atoms with Gasteiger partial charge in [-0.05, 0) is 26.0 Å². The lowest BCUT2D eigenvalue weighted by Gasteiger charge is -2.24. The normalized spacial score (nSPS) is 11.1. The highest BCUT2D eigenvalue weighted by Crippen LogP contribution is 2.12. The predicted molar refractivity (Wildman–Crippen MR) is 69.0 cm³/mol. The SMILES string of the molecule is CN(C)C(=O)c1ccc(NC(C)(C)CN)nc1. The third-order valence-electron chi connectivity index (χ3n) is 2.39. The Hall–Kier alpha value is -1.62. The number of carbonyl (C=O) groups excluding carboxylic acids is 1. The Morgan fingerprint density at radius 1 is 1.47 bits per heavy atom. The van der Waals surface area contributed by atoms with E-state index in [2.05, 4.69) is 10.3 Å². The van der Waals surface area contributed by atoms with Crippen LogP contribution in [-0.4, -0.2) is 42.0 Å². The van der Waals surface area contributed by atoms with Crippen molar-refractivity contribution < 1.29 is 4.79 Å². The molecule has 0 fully saturated rings. The van der Waals surface area contributed by atoms with Gasteiger partial charge in [-0.25, -0.2) is 4.98 Å². The molecule has 1 amide bonds. The van der Waals surface area contributed by atoms with Crippen LogP contribution in [0.25, 0.3) is 0 Å². The van der Waals surface area contributed by atoms with Gasteiger partial charge in [-0.2, -0.15) is 0 Å². The Labute approximate surface area is 102 Å². The minimum Gasteiger partial charge on any atom is -0.364 e. The van der Waals surface area contributed by atoms with Crippen molar-refractivity contribution in [3.05, 3.63) is 23.9 Å². The molecule has 1 heterocycles. The first-order chi connectivity index (χ1) is 7.85. The molecule has 0 aliphatic rings. The average Bonchev–Trinajstić information content (AvgIpc) is 2.28. The van der Waals surface area contributed by atoms with E-state index in [0.29, 0.717) is 12.1 Å². The van der Waals surface area contributed by atoms with Crippen LogP contribution in [0.5, 0.6) is 0 Å². The first-order valence-corrected chi connectivity index (χ1v) is 5.52. The monoisotopic (exact) mass is 236 g/mol. The van der Waals surface area contributed by atoms with Gasteiger partial charge in [-0.1, -0.05) is 0 Å². The maximum Gasteiger partial charge on any atom is 0.254 e. The molecule has 1 aromatic rings. The molecule has 0 aliphatic heterocycles. The maximum atomic E-state index is 11.6. The summed E-state index contributed by atoms with van der Waals surface area (Å²) in [6, 6.07) is 3.54. The molecule has 0 saturated heterocycles. The van der Waals surface area contributed by atoms with Crippen LogP contribution in [0, 0.1) is 0 Å². The molecular weight excluding hydrogens is 216 g/mol. The van der Waals surface area contributed by atoms with Crippen LogP contribution in [0.4, 0.5) is 5.82 Å². The van der Waals surface area contributed by atoms with E-state index in [1.54, 1.807) is 32.4 Å². The van der Waals surface area contributed by atoms with Gasteiger partial charge in [0.15, 0.2) is 0 Å². The summed E-state index contributed by atoms with van der Waals surface area (Å²) >= 11 is 0. The summed E-state index contributed by atoms with van der Waals surface area (Å²) in [6.07, 6.45) is 1.57. The number of pyridine rings is 1. The lowest BCUT2D eigenvalue weighted by Crippen LogP contribution is -2.39. The number of anilines is 1. The van der Waals surface area contributed by atoms with E-state index in [4.69, 9.17) is 5.73 Å². The van der Waals surface area contributed by atoms with Gasteiger partial charge in [-0.15, -0.1) is 0 Å². The van der Waals surface area contributed by atoms with Crippen LogP contribution in [0.15, 0.2) is 18.3 Å². The van der Waals surface area contributed by atoms with E-state index in [0.717, 1.165) is 5.82 Å². The molecule has 0 spiro atoms. The summed E-state index contributed by atoms with van der Waals surface area (Å²) < 4.78 is 0. The largest absolute Gasteiger partial charge is 0.364 e.